The van der Waals surface area contributed by atoms with Crippen molar-refractivity contribution in [1.29, 1.82) is 0 Å². The van der Waals surface area contributed by atoms with E-state index < -0.39 is 0 Å². The number of pyridine rings is 1. The standard InChI is InChI=1S/C18H30N4/c1-5-7-8-9-10-14-22(4)18(19-6-2)20-15-17-13-11-12-16(3)21-17/h5,11-13H,1,6-10,14-15H2,2-4H3,(H,19,20). The van der Waals surface area contributed by atoms with Crippen molar-refractivity contribution in [2.45, 2.75) is 46.1 Å². The molecule has 1 rings (SSSR count). The van der Waals surface area contributed by atoms with E-state index in [0.29, 0.717) is 6.54 Å². The molecule has 0 aromatic carbocycles. The van der Waals surface area contributed by atoms with Gasteiger partial charge in [0.1, 0.15) is 0 Å². The quantitative estimate of drug-likeness (QED) is 0.328. The number of nitrogens with one attached hydrogen (secondary N) is 1. The number of nitrogens with zero attached hydrogens (tertiary/aromatic N) is 3. The molecular weight excluding hydrogens is 272 g/mol. The van der Waals surface area contributed by atoms with Crippen molar-refractivity contribution in [3.05, 3.63) is 42.2 Å². The van der Waals surface area contributed by atoms with Crippen LogP contribution in [0.25, 0.3) is 0 Å². The maximum atomic E-state index is 4.69. The van der Waals surface area contributed by atoms with E-state index in [4.69, 9.17) is 4.99 Å². The highest BCUT2D eigenvalue weighted by atomic mass is 15.3. The third kappa shape index (κ3) is 7.25. The number of hydrogen-bond donors (Lipinski definition) is 1. The second kappa shape index (κ2) is 10.8. The molecule has 122 valence electrons. The van der Waals surface area contributed by atoms with Crippen LogP contribution >= 0.6 is 0 Å². The van der Waals surface area contributed by atoms with E-state index in [1.165, 1.54) is 19.3 Å². The van der Waals surface area contributed by atoms with Crippen LogP contribution < -0.4 is 5.32 Å². The molecule has 4 nitrogen and oxygen atoms in total. The highest BCUT2D eigenvalue weighted by Crippen LogP contribution is 2.03. The molecule has 1 aromatic heterocycles. The summed E-state index contributed by atoms with van der Waals surface area (Å²) in [6.07, 6.45) is 6.73. The zero-order chi connectivity index (χ0) is 16.2. The third-order valence-electron chi connectivity index (χ3n) is 3.44. The number of hydrogen-bond acceptors (Lipinski definition) is 2. The van der Waals surface area contributed by atoms with Gasteiger partial charge in [-0.2, -0.15) is 0 Å². The van der Waals surface area contributed by atoms with Gasteiger partial charge in [-0.3, -0.25) is 4.98 Å². The summed E-state index contributed by atoms with van der Waals surface area (Å²) < 4.78 is 0. The fourth-order valence-corrected chi connectivity index (χ4v) is 2.23. The maximum absolute atomic E-state index is 4.69. The Hall–Kier alpha value is -1.84. The van der Waals surface area contributed by atoms with Crippen molar-refractivity contribution < 1.29 is 0 Å². The summed E-state index contributed by atoms with van der Waals surface area (Å²) in [5, 5.41) is 3.35. The van der Waals surface area contributed by atoms with E-state index in [-0.39, 0.29) is 0 Å². The third-order valence-corrected chi connectivity index (χ3v) is 3.44. The van der Waals surface area contributed by atoms with E-state index in [9.17, 15) is 0 Å². The summed E-state index contributed by atoms with van der Waals surface area (Å²) >= 11 is 0. The number of allylic oxidation sites excluding steroid dienone is 1. The smallest absolute Gasteiger partial charge is 0.194 e. The molecule has 0 spiro atoms. The van der Waals surface area contributed by atoms with Crippen molar-refractivity contribution in [2.75, 3.05) is 20.1 Å². The molecule has 0 saturated heterocycles. The molecule has 1 aromatic rings. The molecule has 0 amide bonds. The first-order valence-corrected chi connectivity index (χ1v) is 8.20. The number of rotatable bonds is 9. The van der Waals surface area contributed by atoms with Crippen molar-refractivity contribution in [3.63, 3.8) is 0 Å². The number of aliphatic imine (C=N–C) groups is 1. The lowest BCUT2D eigenvalue weighted by molar-refractivity contribution is 0.455. The van der Waals surface area contributed by atoms with Crippen molar-refractivity contribution >= 4 is 5.96 Å². The van der Waals surface area contributed by atoms with Gasteiger partial charge in [-0.1, -0.05) is 18.6 Å². The second-order valence-electron chi connectivity index (χ2n) is 5.50. The van der Waals surface area contributed by atoms with E-state index >= 15 is 0 Å². The number of unbranched alkanes of at least 4 members (excludes halogenated alkanes) is 3. The lowest BCUT2D eigenvalue weighted by Crippen LogP contribution is -2.39. The average Bonchev–Trinajstić information content (AvgIpc) is 2.51. The highest BCUT2D eigenvalue weighted by molar-refractivity contribution is 5.79. The minimum absolute atomic E-state index is 0.616. The summed E-state index contributed by atoms with van der Waals surface area (Å²) in [5.74, 6) is 0.953. The maximum Gasteiger partial charge on any atom is 0.194 e. The Kier molecular flexibility index (Phi) is 8.96. The van der Waals surface area contributed by atoms with Crippen LogP contribution in [-0.4, -0.2) is 36.0 Å². The molecule has 1 N–H and O–H groups in total. The van der Waals surface area contributed by atoms with Gasteiger partial charge in [0.15, 0.2) is 5.96 Å². The zero-order valence-electron chi connectivity index (χ0n) is 14.3. The van der Waals surface area contributed by atoms with Crippen LogP contribution in [0.4, 0.5) is 0 Å². The molecule has 0 bridgehead atoms. The molecule has 0 aliphatic rings. The lowest BCUT2D eigenvalue weighted by atomic mass is 10.2. The van der Waals surface area contributed by atoms with Crippen molar-refractivity contribution in [3.8, 4) is 0 Å². The van der Waals surface area contributed by atoms with Crippen molar-refractivity contribution in [2.24, 2.45) is 4.99 Å². The Balaban J connectivity index is 2.51. The van der Waals surface area contributed by atoms with Crippen LogP contribution in [-0.2, 0) is 6.54 Å². The minimum atomic E-state index is 0.616. The minimum Gasteiger partial charge on any atom is -0.357 e. The zero-order valence-corrected chi connectivity index (χ0v) is 14.3. The van der Waals surface area contributed by atoms with Gasteiger partial charge in [-0.25, -0.2) is 4.99 Å². The molecule has 0 saturated carbocycles. The van der Waals surface area contributed by atoms with Gasteiger partial charge in [-0.15, -0.1) is 6.58 Å². The Morgan fingerprint density at radius 3 is 2.86 bits per heavy atom. The summed E-state index contributed by atoms with van der Waals surface area (Å²) in [4.78, 5) is 11.4. The molecule has 4 heteroatoms. The number of aryl methyl sites for hydroxylation is 1. The van der Waals surface area contributed by atoms with Crippen LogP contribution in [0.1, 0.15) is 44.0 Å². The van der Waals surface area contributed by atoms with Crippen LogP contribution in [0, 0.1) is 6.92 Å². The fraction of sp³-hybridized carbons (Fsp3) is 0.556. The first kappa shape index (κ1) is 18.2. The Morgan fingerprint density at radius 2 is 2.18 bits per heavy atom. The van der Waals surface area contributed by atoms with Gasteiger partial charge >= 0.3 is 0 Å². The SMILES string of the molecule is C=CCCCCCN(C)C(=NCc1cccc(C)n1)NCC. The largest absolute Gasteiger partial charge is 0.357 e. The van der Waals surface area contributed by atoms with Gasteiger partial charge in [-0.05, 0) is 45.2 Å². The van der Waals surface area contributed by atoms with Crippen LogP contribution in [0.5, 0.6) is 0 Å². The van der Waals surface area contributed by atoms with Gasteiger partial charge in [0.05, 0.1) is 12.2 Å². The molecule has 0 fully saturated rings. The normalized spacial score (nSPS) is 11.3. The van der Waals surface area contributed by atoms with Gasteiger partial charge in [0.25, 0.3) is 0 Å². The molecule has 0 aliphatic heterocycles. The van der Waals surface area contributed by atoms with Crippen LogP contribution in [0.2, 0.25) is 0 Å². The molecular formula is C18H30N4. The fourth-order valence-electron chi connectivity index (χ4n) is 2.23. The molecule has 22 heavy (non-hydrogen) atoms. The number of aromatic nitrogens is 1. The second-order valence-corrected chi connectivity index (χ2v) is 5.50. The molecule has 0 radical (unpaired) electrons. The van der Waals surface area contributed by atoms with Crippen LogP contribution in [0.15, 0.2) is 35.8 Å². The predicted molar refractivity (Wildman–Crippen MR) is 95.1 cm³/mol. The van der Waals surface area contributed by atoms with Crippen LogP contribution in [0.3, 0.4) is 0 Å². The Morgan fingerprint density at radius 1 is 1.36 bits per heavy atom. The highest BCUT2D eigenvalue weighted by Gasteiger charge is 2.05. The molecule has 0 unspecified atom stereocenters. The first-order valence-electron chi connectivity index (χ1n) is 8.20. The average molecular weight is 302 g/mol. The Bertz CT molecular complexity index is 468. The summed E-state index contributed by atoms with van der Waals surface area (Å²) in [7, 11) is 2.10. The van der Waals surface area contributed by atoms with E-state index in [1.807, 2.05) is 31.2 Å². The van der Waals surface area contributed by atoms with E-state index in [2.05, 4.69) is 35.8 Å². The predicted octanol–water partition coefficient (Wildman–Crippen LogP) is 3.53. The van der Waals surface area contributed by atoms with Crippen molar-refractivity contribution in [1.82, 2.24) is 15.2 Å². The summed E-state index contributed by atoms with van der Waals surface area (Å²) in [5.41, 5.74) is 2.04. The van der Waals surface area contributed by atoms with Gasteiger partial charge in [0, 0.05) is 25.8 Å². The summed E-state index contributed by atoms with van der Waals surface area (Å²) in [6.45, 7) is 10.4. The summed E-state index contributed by atoms with van der Waals surface area (Å²) in [6, 6.07) is 6.06. The Labute approximate surface area is 135 Å². The molecule has 0 atom stereocenters. The molecule has 0 aliphatic carbocycles. The first-order chi connectivity index (χ1) is 10.7. The lowest BCUT2D eigenvalue weighted by Gasteiger charge is -2.22. The van der Waals surface area contributed by atoms with E-state index in [1.54, 1.807) is 0 Å². The van der Waals surface area contributed by atoms with Gasteiger partial charge < -0.3 is 10.2 Å². The molecule has 1 heterocycles. The van der Waals surface area contributed by atoms with E-state index in [0.717, 1.165) is 36.9 Å². The number of guanidine groups is 1. The monoisotopic (exact) mass is 302 g/mol. The van der Waals surface area contributed by atoms with Gasteiger partial charge in [0.2, 0.25) is 0 Å². The topological polar surface area (TPSA) is 40.5 Å².